The molecule has 1 aliphatic heterocycles. The van der Waals surface area contributed by atoms with E-state index in [2.05, 4.69) is 139 Å². The number of anilines is 3. The van der Waals surface area contributed by atoms with Gasteiger partial charge in [0.25, 0.3) is 0 Å². The van der Waals surface area contributed by atoms with Gasteiger partial charge in [0.2, 0.25) is 0 Å². The fourth-order valence-electron chi connectivity index (χ4n) is 7.83. The van der Waals surface area contributed by atoms with Crippen LogP contribution in [-0.4, -0.2) is 9.97 Å². The van der Waals surface area contributed by atoms with Crippen LogP contribution in [0.2, 0.25) is 0 Å². The highest BCUT2D eigenvalue weighted by molar-refractivity contribution is 7.26. The Balaban J connectivity index is 1.23. The van der Waals surface area contributed by atoms with E-state index in [0.29, 0.717) is 0 Å². The normalized spacial score (nSPS) is 14.1. The predicted molar refractivity (Wildman–Crippen MR) is 189 cm³/mol. The first-order valence-corrected chi connectivity index (χ1v) is 16.2. The minimum atomic E-state index is -0.0864. The molecule has 0 unspecified atom stereocenters. The standard InChI is InChI=1S/C41H27N3S/c1-41(2)32-17-15-27(21-30(32)38-33(41)18-16-29-28-12-6-7-14-36(28)45-40(29)38)44-34-13-8-11-25-19-26(24-9-4-3-5-10-24)20-31(37(25)34)39-35(44)22-42-23-43-39/h3-23H,1-2H3. The second kappa shape index (κ2) is 8.87. The Morgan fingerprint density at radius 2 is 1.51 bits per heavy atom. The molecule has 0 radical (unpaired) electrons. The highest BCUT2D eigenvalue weighted by atomic mass is 32.1. The van der Waals surface area contributed by atoms with Crippen LogP contribution in [0.15, 0.2) is 128 Å². The van der Waals surface area contributed by atoms with Crippen molar-refractivity contribution < 1.29 is 0 Å². The number of benzene rings is 6. The molecule has 0 spiro atoms. The topological polar surface area (TPSA) is 29.0 Å². The van der Waals surface area contributed by atoms with Crippen LogP contribution in [0, 0.1) is 0 Å². The van der Waals surface area contributed by atoms with Gasteiger partial charge >= 0.3 is 0 Å². The Hall–Kier alpha value is -5.32. The summed E-state index contributed by atoms with van der Waals surface area (Å²) in [7, 11) is 0. The zero-order chi connectivity index (χ0) is 29.9. The lowest BCUT2D eigenvalue weighted by molar-refractivity contribution is 0.661. The van der Waals surface area contributed by atoms with E-state index in [9.17, 15) is 0 Å². The van der Waals surface area contributed by atoms with Crippen molar-refractivity contribution in [2.45, 2.75) is 19.3 Å². The van der Waals surface area contributed by atoms with E-state index in [1.165, 1.54) is 64.3 Å². The summed E-state index contributed by atoms with van der Waals surface area (Å²) < 4.78 is 2.71. The Labute approximate surface area is 265 Å². The second-order valence-electron chi connectivity index (χ2n) is 12.7. The first kappa shape index (κ1) is 25.1. The number of aromatic nitrogens is 2. The Bertz CT molecular complexity index is 2530. The van der Waals surface area contributed by atoms with Crippen molar-refractivity contribution in [2.24, 2.45) is 0 Å². The van der Waals surface area contributed by atoms with Gasteiger partial charge < -0.3 is 4.90 Å². The van der Waals surface area contributed by atoms with Gasteiger partial charge in [0.15, 0.2) is 0 Å². The monoisotopic (exact) mass is 593 g/mol. The quantitative estimate of drug-likeness (QED) is 0.200. The molecule has 6 aromatic carbocycles. The van der Waals surface area contributed by atoms with Crippen molar-refractivity contribution in [1.29, 1.82) is 0 Å². The van der Waals surface area contributed by atoms with Gasteiger partial charge in [-0.25, -0.2) is 9.97 Å². The molecule has 0 atom stereocenters. The van der Waals surface area contributed by atoms with E-state index in [4.69, 9.17) is 4.98 Å². The van der Waals surface area contributed by atoms with E-state index in [0.717, 1.165) is 28.3 Å². The van der Waals surface area contributed by atoms with E-state index >= 15 is 0 Å². The molecule has 0 amide bonds. The van der Waals surface area contributed by atoms with Gasteiger partial charge in [0.1, 0.15) is 6.33 Å². The molecule has 8 aromatic rings. The molecular weight excluding hydrogens is 567 g/mol. The number of rotatable bonds is 2. The van der Waals surface area contributed by atoms with Crippen LogP contribution >= 0.6 is 11.3 Å². The molecular formula is C41H27N3S. The molecule has 1 aliphatic carbocycles. The van der Waals surface area contributed by atoms with Crippen molar-refractivity contribution in [1.82, 2.24) is 9.97 Å². The molecule has 4 heteroatoms. The lowest BCUT2D eigenvalue weighted by atomic mass is 9.82. The predicted octanol–water partition coefficient (Wildman–Crippen LogP) is 11.4. The lowest BCUT2D eigenvalue weighted by Gasteiger charge is -2.33. The van der Waals surface area contributed by atoms with Gasteiger partial charge in [-0.15, -0.1) is 11.3 Å². The fraction of sp³-hybridized carbons (Fsp3) is 0.0732. The average Bonchev–Trinajstić information content (AvgIpc) is 3.57. The SMILES string of the molecule is CC1(C)c2ccc(N3c4cncnc4-c4cc(-c5ccccc5)cc5cccc3c45)cc2-c2c1ccc1c2sc2ccccc21. The summed E-state index contributed by atoms with van der Waals surface area (Å²) in [5, 5.41) is 5.10. The third-order valence-corrected chi connectivity index (χ3v) is 11.1. The number of hydrogen-bond donors (Lipinski definition) is 0. The van der Waals surface area contributed by atoms with Crippen LogP contribution in [-0.2, 0) is 5.41 Å². The molecule has 0 fully saturated rings. The van der Waals surface area contributed by atoms with Crippen molar-refractivity contribution in [3.8, 4) is 33.5 Å². The Morgan fingerprint density at radius 1 is 0.667 bits per heavy atom. The summed E-state index contributed by atoms with van der Waals surface area (Å²) in [4.78, 5) is 11.8. The minimum absolute atomic E-state index is 0.0864. The van der Waals surface area contributed by atoms with Gasteiger partial charge in [0, 0.05) is 47.8 Å². The van der Waals surface area contributed by atoms with Gasteiger partial charge in [0.05, 0.1) is 23.3 Å². The van der Waals surface area contributed by atoms with Crippen molar-refractivity contribution in [2.75, 3.05) is 4.90 Å². The summed E-state index contributed by atoms with van der Waals surface area (Å²) in [5.74, 6) is 0. The van der Waals surface area contributed by atoms with E-state index < -0.39 is 0 Å². The van der Waals surface area contributed by atoms with Gasteiger partial charge in [-0.2, -0.15) is 0 Å². The smallest absolute Gasteiger partial charge is 0.116 e. The largest absolute Gasteiger partial charge is 0.306 e. The zero-order valence-corrected chi connectivity index (χ0v) is 25.7. The van der Waals surface area contributed by atoms with Gasteiger partial charge in [-0.05, 0) is 69.6 Å². The van der Waals surface area contributed by atoms with Gasteiger partial charge in [-0.3, -0.25) is 0 Å². The maximum atomic E-state index is 4.90. The summed E-state index contributed by atoms with van der Waals surface area (Å²) in [6, 6.07) is 42.4. The lowest BCUT2D eigenvalue weighted by Crippen LogP contribution is -2.17. The van der Waals surface area contributed by atoms with Crippen molar-refractivity contribution >= 4 is 59.3 Å². The van der Waals surface area contributed by atoms with Crippen molar-refractivity contribution in [3.05, 3.63) is 139 Å². The number of hydrogen-bond acceptors (Lipinski definition) is 4. The number of thiophene rings is 1. The van der Waals surface area contributed by atoms with E-state index in [-0.39, 0.29) is 5.41 Å². The van der Waals surface area contributed by atoms with E-state index in [1.807, 2.05) is 17.5 Å². The molecule has 3 heterocycles. The second-order valence-corrected chi connectivity index (χ2v) is 13.7. The first-order valence-electron chi connectivity index (χ1n) is 15.4. The van der Waals surface area contributed by atoms with Crippen LogP contribution in [0.4, 0.5) is 17.1 Å². The van der Waals surface area contributed by atoms with Crippen LogP contribution in [0.25, 0.3) is 64.5 Å². The summed E-state index contributed by atoms with van der Waals surface area (Å²) >= 11 is 1.91. The minimum Gasteiger partial charge on any atom is -0.306 e. The van der Waals surface area contributed by atoms with Crippen molar-refractivity contribution in [3.63, 3.8) is 0 Å². The molecule has 0 N–H and O–H groups in total. The zero-order valence-electron chi connectivity index (χ0n) is 24.9. The summed E-state index contributed by atoms with van der Waals surface area (Å²) in [6.45, 7) is 4.73. The van der Waals surface area contributed by atoms with E-state index in [1.54, 1.807) is 6.33 Å². The summed E-state index contributed by atoms with van der Waals surface area (Å²) in [5.41, 5.74) is 13.2. The highest BCUT2D eigenvalue weighted by Gasteiger charge is 2.38. The first-order chi connectivity index (χ1) is 22.1. The van der Waals surface area contributed by atoms with Crippen LogP contribution in [0.5, 0.6) is 0 Å². The van der Waals surface area contributed by atoms with Crippen LogP contribution in [0.1, 0.15) is 25.0 Å². The molecule has 0 saturated heterocycles. The maximum Gasteiger partial charge on any atom is 0.116 e. The van der Waals surface area contributed by atoms with Gasteiger partial charge in [-0.1, -0.05) is 92.7 Å². The molecule has 0 bridgehead atoms. The highest BCUT2D eigenvalue weighted by Crippen LogP contribution is 2.56. The van der Waals surface area contributed by atoms with Crippen LogP contribution < -0.4 is 4.90 Å². The Morgan fingerprint density at radius 3 is 2.42 bits per heavy atom. The molecule has 3 nitrogen and oxygen atoms in total. The third-order valence-electron chi connectivity index (χ3n) is 9.92. The maximum absolute atomic E-state index is 4.90. The fourth-order valence-corrected chi connectivity index (χ4v) is 9.09. The molecule has 2 aliphatic rings. The van der Waals surface area contributed by atoms with Crippen LogP contribution in [0.3, 0.4) is 0 Å². The third kappa shape index (κ3) is 3.35. The molecule has 45 heavy (non-hydrogen) atoms. The molecule has 0 saturated carbocycles. The number of nitrogens with zero attached hydrogens (tertiary/aromatic N) is 3. The molecule has 2 aromatic heterocycles. The summed E-state index contributed by atoms with van der Waals surface area (Å²) in [6.07, 6.45) is 3.64. The molecule has 10 rings (SSSR count). The molecule has 212 valence electrons. The Kier molecular flexibility index (Phi) is 4.94. The number of fused-ring (bicyclic) bond motifs is 9. The average molecular weight is 594 g/mol.